The molecule has 0 aromatic heterocycles. The lowest BCUT2D eigenvalue weighted by molar-refractivity contribution is 0.0223. The van der Waals surface area contributed by atoms with Crippen molar-refractivity contribution >= 4 is 0 Å². The number of likely N-dealkylation sites (tertiary alicyclic amines) is 1. The van der Waals surface area contributed by atoms with Gasteiger partial charge < -0.3 is 9.64 Å². The van der Waals surface area contributed by atoms with Crippen LogP contribution in [0.4, 0.5) is 0 Å². The van der Waals surface area contributed by atoms with Crippen LogP contribution in [0.3, 0.4) is 0 Å². The molecule has 2 nitrogen and oxygen atoms in total. The van der Waals surface area contributed by atoms with Gasteiger partial charge in [-0.1, -0.05) is 0 Å². The lowest BCUT2D eigenvalue weighted by Crippen LogP contribution is -2.32. The van der Waals surface area contributed by atoms with Crippen molar-refractivity contribution in [2.45, 2.75) is 31.8 Å². The molecule has 1 aliphatic heterocycles. The molecule has 0 N–H and O–H groups in total. The summed E-state index contributed by atoms with van der Waals surface area (Å²) in [6.45, 7) is 3.41. The summed E-state index contributed by atoms with van der Waals surface area (Å²) in [4.78, 5) is 2.40. The lowest BCUT2D eigenvalue weighted by atomic mass is 9.98. The number of nitrogens with zero attached hydrogens (tertiary/aromatic N) is 1. The first kappa shape index (κ1) is 10.0. The van der Waals surface area contributed by atoms with Crippen molar-refractivity contribution in [3.63, 3.8) is 0 Å². The highest BCUT2D eigenvalue weighted by Crippen LogP contribution is 2.18. The Hall–Kier alpha value is -0.520. The Balaban J connectivity index is 1.61. The van der Waals surface area contributed by atoms with Gasteiger partial charge in [-0.25, -0.2) is 0 Å². The van der Waals surface area contributed by atoms with E-state index in [1.54, 1.807) is 0 Å². The van der Waals surface area contributed by atoms with Gasteiger partial charge in [0.2, 0.25) is 0 Å². The fraction of sp³-hybridized carbons (Fsp3) is 0.833. The zero-order valence-corrected chi connectivity index (χ0v) is 8.96. The predicted molar refractivity (Wildman–Crippen MR) is 57.0 cm³/mol. The summed E-state index contributed by atoms with van der Waals surface area (Å²) >= 11 is 0. The van der Waals surface area contributed by atoms with E-state index in [1.165, 1.54) is 25.9 Å². The third-order valence-corrected chi connectivity index (χ3v) is 3.19. The smallest absolute Gasteiger partial charge is 0.0793 e. The van der Waals surface area contributed by atoms with E-state index < -0.39 is 0 Å². The van der Waals surface area contributed by atoms with E-state index in [9.17, 15) is 0 Å². The number of hydrogen-bond acceptors (Lipinski definition) is 2. The molecule has 0 aromatic rings. The van der Waals surface area contributed by atoms with Crippen LogP contribution >= 0.6 is 0 Å². The Morgan fingerprint density at radius 3 is 2.50 bits per heavy atom. The van der Waals surface area contributed by atoms with Crippen molar-refractivity contribution in [2.75, 3.05) is 26.7 Å². The monoisotopic (exact) mass is 193 g/mol. The quantitative estimate of drug-likeness (QED) is 0.630. The minimum Gasteiger partial charge on any atom is -0.376 e. The van der Waals surface area contributed by atoms with Crippen molar-refractivity contribution in [1.29, 1.82) is 0 Å². The fourth-order valence-corrected chi connectivity index (χ4v) is 2.06. The van der Waals surface area contributed by atoms with Crippen molar-refractivity contribution in [2.24, 2.45) is 5.92 Å². The predicted octanol–water partition coefficient (Wildman–Crippen LogP) is 1.51. The third-order valence-electron chi connectivity index (χ3n) is 3.19. The summed E-state index contributed by atoms with van der Waals surface area (Å²) < 4.78 is 5.83. The largest absolute Gasteiger partial charge is 0.376 e. The molecule has 0 atom stereocenters. The first-order valence-corrected chi connectivity index (χ1v) is 5.60. The highest BCUT2D eigenvalue weighted by atomic mass is 16.5. The Labute approximate surface area is 86.6 Å². The third kappa shape index (κ3) is 2.73. The second-order valence-corrected chi connectivity index (χ2v) is 4.46. The molecule has 0 radical (unpaired) electrons. The molecular formula is C12H19NO. The molecule has 1 heterocycles. The molecule has 0 amide bonds. The Morgan fingerprint density at radius 1 is 1.21 bits per heavy atom. The summed E-state index contributed by atoms with van der Waals surface area (Å²) in [7, 11) is 2.20. The lowest BCUT2D eigenvalue weighted by Gasteiger charge is -2.29. The summed E-state index contributed by atoms with van der Waals surface area (Å²) in [6.07, 6.45) is 4.88. The Morgan fingerprint density at radius 2 is 1.86 bits per heavy atom. The van der Waals surface area contributed by atoms with E-state index in [2.05, 4.69) is 23.8 Å². The highest BCUT2D eigenvalue weighted by Gasteiger charge is 2.19. The summed E-state index contributed by atoms with van der Waals surface area (Å²) in [5, 5.41) is 0. The van der Waals surface area contributed by atoms with Crippen LogP contribution in [0, 0.1) is 17.8 Å². The van der Waals surface area contributed by atoms with Crippen LogP contribution < -0.4 is 0 Å². The minimum absolute atomic E-state index is 0.384. The first-order valence-electron chi connectivity index (χ1n) is 5.60. The van der Waals surface area contributed by atoms with Gasteiger partial charge in [0.05, 0.1) is 6.10 Å². The van der Waals surface area contributed by atoms with Crippen LogP contribution in [-0.4, -0.2) is 37.7 Å². The molecular weight excluding hydrogens is 174 g/mol. The SMILES string of the molecule is CN1CCC(COC2CC#CC2)CC1. The molecule has 1 fully saturated rings. The van der Waals surface area contributed by atoms with Gasteiger partial charge in [-0.2, -0.15) is 0 Å². The van der Waals surface area contributed by atoms with E-state index >= 15 is 0 Å². The molecule has 0 aromatic carbocycles. The van der Waals surface area contributed by atoms with Crippen LogP contribution in [0.5, 0.6) is 0 Å². The second kappa shape index (κ2) is 4.82. The summed E-state index contributed by atoms with van der Waals surface area (Å²) in [5.41, 5.74) is 0. The molecule has 2 aliphatic rings. The van der Waals surface area contributed by atoms with Crippen molar-refractivity contribution < 1.29 is 4.74 Å². The average molecular weight is 193 g/mol. The molecule has 0 unspecified atom stereocenters. The molecule has 0 spiro atoms. The second-order valence-electron chi connectivity index (χ2n) is 4.46. The zero-order chi connectivity index (χ0) is 9.80. The van der Waals surface area contributed by atoms with Gasteiger partial charge in [0.25, 0.3) is 0 Å². The Kier molecular flexibility index (Phi) is 3.44. The molecule has 2 rings (SSSR count). The van der Waals surface area contributed by atoms with E-state index in [4.69, 9.17) is 4.74 Å². The standard InChI is InChI=1S/C12H19NO/c1-13-8-6-11(7-9-13)10-14-12-4-2-3-5-12/h11-12H,4-10H2,1H3. The van der Waals surface area contributed by atoms with Crippen molar-refractivity contribution in [3.8, 4) is 11.8 Å². The highest BCUT2D eigenvalue weighted by molar-refractivity contribution is 5.09. The molecule has 2 heteroatoms. The van der Waals surface area contributed by atoms with Gasteiger partial charge in [0.15, 0.2) is 0 Å². The molecule has 14 heavy (non-hydrogen) atoms. The molecule has 0 bridgehead atoms. The summed E-state index contributed by atoms with van der Waals surface area (Å²) in [5.74, 6) is 6.95. The van der Waals surface area contributed by atoms with Crippen molar-refractivity contribution in [1.82, 2.24) is 4.90 Å². The van der Waals surface area contributed by atoms with Crippen molar-refractivity contribution in [3.05, 3.63) is 0 Å². The molecule has 78 valence electrons. The zero-order valence-electron chi connectivity index (χ0n) is 8.96. The van der Waals surface area contributed by atoms with Crippen LogP contribution in [0.25, 0.3) is 0 Å². The van der Waals surface area contributed by atoms with E-state index in [1.807, 2.05) is 0 Å². The Bertz CT molecular complexity index is 222. The topological polar surface area (TPSA) is 12.5 Å². The number of rotatable bonds is 3. The van der Waals surface area contributed by atoms with Gasteiger partial charge in [-0.15, -0.1) is 11.8 Å². The maximum absolute atomic E-state index is 5.83. The van der Waals surface area contributed by atoms with Gasteiger partial charge >= 0.3 is 0 Å². The van der Waals surface area contributed by atoms with E-state index in [0.717, 1.165) is 25.4 Å². The van der Waals surface area contributed by atoms with Gasteiger partial charge in [0, 0.05) is 19.4 Å². The van der Waals surface area contributed by atoms with Crippen LogP contribution in [0.2, 0.25) is 0 Å². The van der Waals surface area contributed by atoms with Gasteiger partial charge in [-0.05, 0) is 38.9 Å². The van der Waals surface area contributed by atoms with Gasteiger partial charge in [-0.3, -0.25) is 0 Å². The number of ether oxygens (including phenoxy) is 1. The fourth-order valence-electron chi connectivity index (χ4n) is 2.06. The molecule has 1 saturated heterocycles. The minimum atomic E-state index is 0.384. The average Bonchev–Trinajstić information content (AvgIpc) is 2.70. The normalized spacial score (nSPS) is 24.9. The number of hydrogen-bond donors (Lipinski definition) is 0. The maximum Gasteiger partial charge on any atom is 0.0793 e. The summed E-state index contributed by atoms with van der Waals surface area (Å²) in [6, 6.07) is 0. The molecule has 0 saturated carbocycles. The van der Waals surface area contributed by atoms with Crippen LogP contribution in [0.15, 0.2) is 0 Å². The van der Waals surface area contributed by atoms with Crippen LogP contribution in [0.1, 0.15) is 25.7 Å². The maximum atomic E-state index is 5.83. The first-order chi connectivity index (χ1) is 6.84. The number of piperidine rings is 1. The molecule has 1 aliphatic carbocycles. The van der Waals surface area contributed by atoms with Gasteiger partial charge in [0.1, 0.15) is 0 Å². The van der Waals surface area contributed by atoms with Crippen LogP contribution in [-0.2, 0) is 4.74 Å². The van der Waals surface area contributed by atoms with E-state index in [-0.39, 0.29) is 0 Å². The van der Waals surface area contributed by atoms with E-state index in [0.29, 0.717) is 6.10 Å².